The van der Waals surface area contributed by atoms with Crippen molar-refractivity contribution in [3.63, 3.8) is 0 Å². The van der Waals surface area contributed by atoms with E-state index >= 15 is 0 Å². The highest BCUT2D eigenvalue weighted by Gasteiger charge is 2.20. The molecule has 0 aliphatic heterocycles. The maximum absolute atomic E-state index is 11.2. The standard InChI is InChI=1S/C14H18N4O/c1-2-17-8-11(7-15-17)14-12(10-19)9-18(16-14)13-5-3-4-6-13/h7-10,13H,2-6H2,1H3. The van der Waals surface area contributed by atoms with Crippen molar-refractivity contribution < 1.29 is 4.79 Å². The molecule has 100 valence electrons. The maximum atomic E-state index is 11.2. The summed E-state index contributed by atoms with van der Waals surface area (Å²) in [6, 6.07) is 0.452. The molecule has 0 N–H and O–H groups in total. The second kappa shape index (κ2) is 4.99. The van der Waals surface area contributed by atoms with Crippen LogP contribution in [0.1, 0.15) is 49.0 Å². The van der Waals surface area contributed by atoms with Gasteiger partial charge in [0, 0.05) is 24.5 Å². The third-order valence-electron chi connectivity index (χ3n) is 3.82. The van der Waals surface area contributed by atoms with Crippen molar-refractivity contribution in [2.75, 3.05) is 0 Å². The van der Waals surface area contributed by atoms with Crippen molar-refractivity contribution in [1.82, 2.24) is 19.6 Å². The number of aryl methyl sites for hydroxylation is 1. The van der Waals surface area contributed by atoms with Crippen molar-refractivity contribution in [2.24, 2.45) is 0 Å². The van der Waals surface area contributed by atoms with Crippen LogP contribution in [0.2, 0.25) is 0 Å². The SMILES string of the molecule is CCn1cc(-c2nn(C3CCCC3)cc2C=O)cn1. The van der Waals surface area contributed by atoms with Gasteiger partial charge in [0.1, 0.15) is 5.69 Å². The van der Waals surface area contributed by atoms with Crippen LogP contribution in [0.15, 0.2) is 18.6 Å². The summed E-state index contributed by atoms with van der Waals surface area (Å²) in [6.45, 7) is 2.86. The van der Waals surface area contributed by atoms with Gasteiger partial charge < -0.3 is 0 Å². The second-order valence-electron chi connectivity index (χ2n) is 5.05. The molecule has 0 atom stereocenters. The van der Waals surface area contributed by atoms with Crippen LogP contribution in [0.25, 0.3) is 11.3 Å². The highest BCUT2D eigenvalue weighted by Crippen LogP contribution is 2.31. The fourth-order valence-corrected chi connectivity index (χ4v) is 2.73. The topological polar surface area (TPSA) is 52.7 Å². The molecular weight excluding hydrogens is 240 g/mol. The monoisotopic (exact) mass is 258 g/mol. The Morgan fingerprint density at radius 2 is 2.16 bits per heavy atom. The normalized spacial score (nSPS) is 16.1. The van der Waals surface area contributed by atoms with Crippen LogP contribution in [-0.2, 0) is 6.54 Å². The second-order valence-corrected chi connectivity index (χ2v) is 5.05. The summed E-state index contributed by atoms with van der Waals surface area (Å²) in [5.41, 5.74) is 2.32. The van der Waals surface area contributed by atoms with Crippen LogP contribution in [0, 0.1) is 0 Å². The molecule has 5 heteroatoms. The number of carbonyl (C=O) groups excluding carboxylic acids is 1. The Balaban J connectivity index is 1.97. The lowest BCUT2D eigenvalue weighted by molar-refractivity contribution is 0.112. The van der Waals surface area contributed by atoms with Gasteiger partial charge in [0.25, 0.3) is 0 Å². The fraction of sp³-hybridized carbons (Fsp3) is 0.500. The summed E-state index contributed by atoms with van der Waals surface area (Å²) in [7, 11) is 0. The first-order chi connectivity index (χ1) is 9.31. The van der Waals surface area contributed by atoms with Crippen molar-refractivity contribution in [3.05, 3.63) is 24.2 Å². The zero-order valence-corrected chi connectivity index (χ0v) is 11.1. The van der Waals surface area contributed by atoms with Crippen molar-refractivity contribution in [2.45, 2.75) is 45.2 Å². The molecule has 0 unspecified atom stereocenters. The van der Waals surface area contributed by atoms with E-state index in [-0.39, 0.29) is 0 Å². The zero-order valence-electron chi connectivity index (χ0n) is 11.1. The lowest BCUT2D eigenvalue weighted by Crippen LogP contribution is -2.04. The van der Waals surface area contributed by atoms with Crippen LogP contribution >= 0.6 is 0 Å². The van der Waals surface area contributed by atoms with E-state index in [9.17, 15) is 4.79 Å². The Hall–Kier alpha value is -1.91. The third-order valence-corrected chi connectivity index (χ3v) is 3.82. The summed E-state index contributed by atoms with van der Waals surface area (Å²) < 4.78 is 3.81. The van der Waals surface area contributed by atoms with Crippen LogP contribution in [-0.4, -0.2) is 25.8 Å². The minimum absolute atomic E-state index is 0.452. The van der Waals surface area contributed by atoms with Crippen molar-refractivity contribution >= 4 is 6.29 Å². The number of carbonyl (C=O) groups is 1. The van der Waals surface area contributed by atoms with E-state index in [0.29, 0.717) is 11.6 Å². The van der Waals surface area contributed by atoms with Crippen LogP contribution in [0.4, 0.5) is 0 Å². The molecule has 0 spiro atoms. The molecule has 2 aromatic heterocycles. The lowest BCUT2D eigenvalue weighted by Gasteiger charge is -2.08. The molecule has 0 radical (unpaired) electrons. The van der Waals surface area contributed by atoms with E-state index in [0.717, 1.165) is 36.9 Å². The van der Waals surface area contributed by atoms with E-state index in [1.807, 2.05) is 28.7 Å². The first-order valence-corrected chi connectivity index (χ1v) is 6.89. The van der Waals surface area contributed by atoms with Crippen molar-refractivity contribution in [3.8, 4) is 11.3 Å². The molecule has 0 saturated heterocycles. The number of hydrogen-bond acceptors (Lipinski definition) is 3. The molecule has 2 heterocycles. The molecule has 2 aromatic rings. The van der Waals surface area contributed by atoms with Gasteiger partial charge in [0.15, 0.2) is 6.29 Å². The van der Waals surface area contributed by atoms with Gasteiger partial charge in [-0.2, -0.15) is 10.2 Å². The molecule has 0 bridgehead atoms. The lowest BCUT2D eigenvalue weighted by atomic mass is 10.2. The largest absolute Gasteiger partial charge is 0.298 e. The predicted molar refractivity (Wildman–Crippen MR) is 72.0 cm³/mol. The highest BCUT2D eigenvalue weighted by molar-refractivity contribution is 5.85. The van der Waals surface area contributed by atoms with Crippen LogP contribution in [0.3, 0.4) is 0 Å². The first kappa shape index (κ1) is 12.1. The van der Waals surface area contributed by atoms with Gasteiger partial charge in [-0.3, -0.25) is 14.2 Å². The molecule has 19 heavy (non-hydrogen) atoms. The molecule has 5 nitrogen and oxygen atoms in total. The fourth-order valence-electron chi connectivity index (χ4n) is 2.73. The van der Waals surface area contributed by atoms with Gasteiger partial charge in [-0.1, -0.05) is 12.8 Å². The Bertz CT molecular complexity index is 578. The Labute approximate surface area is 112 Å². The predicted octanol–water partition coefficient (Wildman–Crippen LogP) is 2.69. The zero-order chi connectivity index (χ0) is 13.2. The molecule has 1 fully saturated rings. The van der Waals surface area contributed by atoms with E-state index in [1.54, 1.807) is 6.20 Å². The summed E-state index contributed by atoms with van der Waals surface area (Å²) in [4.78, 5) is 11.2. The molecule has 1 aliphatic carbocycles. The molecule has 0 amide bonds. The van der Waals surface area contributed by atoms with E-state index in [1.165, 1.54) is 12.8 Å². The summed E-state index contributed by atoms with van der Waals surface area (Å²) >= 11 is 0. The molecule has 3 rings (SSSR count). The van der Waals surface area contributed by atoms with Gasteiger partial charge in [-0.05, 0) is 19.8 Å². The number of aldehydes is 1. The number of rotatable bonds is 4. The molecule has 0 aromatic carbocycles. The van der Waals surface area contributed by atoms with Gasteiger partial charge in [0.05, 0.1) is 17.8 Å². The molecule has 1 aliphatic rings. The number of nitrogens with zero attached hydrogens (tertiary/aromatic N) is 4. The first-order valence-electron chi connectivity index (χ1n) is 6.89. The summed E-state index contributed by atoms with van der Waals surface area (Å²) in [5.74, 6) is 0. The average molecular weight is 258 g/mol. The number of hydrogen-bond donors (Lipinski definition) is 0. The van der Waals surface area contributed by atoms with E-state index < -0.39 is 0 Å². The number of aromatic nitrogens is 4. The van der Waals surface area contributed by atoms with Gasteiger partial charge in [0.2, 0.25) is 0 Å². The van der Waals surface area contributed by atoms with Crippen LogP contribution in [0.5, 0.6) is 0 Å². The van der Waals surface area contributed by atoms with E-state index in [2.05, 4.69) is 10.2 Å². The van der Waals surface area contributed by atoms with Crippen LogP contribution < -0.4 is 0 Å². The average Bonchev–Trinajstić information content (AvgIpc) is 3.16. The minimum atomic E-state index is 0.452. The molecule has 1 saturated carbocycles. The summed E-state index contributed by atoms with van der Waals surface area (Å²) in [6.07, 6.45) is 11.3. The summed E-state index contributed by atoms with van der Waals surface area (Å²) in [5, 5.41) is 8.86. The van der Waals surface area contributed by atoms with Crippen molar-refractivity contribution in [1.29, 1.82) is 0 Å². The van der Waals surface area contributed by atoms with Gasteiger partial charge in [-0.25, -0.2) is 0 Å². The smallest absolute Gasteiger partial charge is 0.153 e. The van der Waals surface area contributed by atoms with E-state index in [4.69, 9.17) is 0 Å². The third kappa shape index (κ3) is 2.20. The van der Waals surface area contributed by atoms with Gasteiger partial charge >= 0.3 is 0 Å². The minimum Gasteiger partial charge on any atom is -0.298 e. The highest BCUT2D eigenvalue weighted by atomic mass is 16.1. The Morgan fingerprint density at radius 1 is 1.37 bits per heavy atom. The quantitative estimate of drug-likeness (QED) is 0.792. The molecular formula is C14H18N4O. The Kier molecular flexibility index (Phi) is 3.19. The Morgan fingerprint density at radius 3 is 2.79 bits per heavy atom. The van der Waals surface area contributed by atoms with Gasteiger partial charge in [-0.15, -0.1) is 0 Å². The maximum Gasteiger partial charge on any atom is 0.153 e.